The lowest BCUT2D eigenvalue weighted by molar-refractivity contribution is -0.120. The van der Waals surface area contributed by atoms with Crippen molar-refractivity contribution in [3.05, 3.63) is 23.2 Å². The molecule has 0 bridgehead atoms. The van der Waals surface area contributed by atoms with Gasteiger partial charge in [-0.05, 0) is 31.0 Å². The second kappa shape index (κ2) is 5.34. The first kappa shape index (κ1) is 15.1. The fraction of sp³-hybridized carbons (Fsp3) is 0.417. The molecule has 1 aromatic carbocycles. The topological polar surface area (TPSA) is 55.6 Å². The molecule has 1 aromatic rings. The monoisotopic (exact) mass is 290 g/mol. The van der Waals surface area contributed by atoms with Crippen molar-refractivity contribution in [3.63, 3.8) is 0 Å². The maximum atomic E-state index is 12.0. The van der Waals surface area contributed by atoms with Crippen molar-refractivity contribution >= 4 is 35.6 Å². The van der Waals surface area contributed by atoms with Crippen LogP contribution in [0.2, 0.25) is 5.02 Å². The average molecular weight is 291 g/mol. The fourth-order valence-electron chi connectivity index (χ4n) is 1.66. The molecule has 0 spiro atoms. The highest BCUT2D eigenvalue weighted by atomic mass is 35.5. The maximum absolute atomic E-state index is 12.0. The minimum Gasteiger partial charge on any atom is -0.495 e. The predicted molar refractivity (Wildman–Crippen MR) is 74.8 cm³/mol. The molecule has 1 amide bonds. The van der Waals surface area contributed by atoms with Crippen LogP contribution in [0.3, 0.4) is 0 Å². The number of likely N-dealkylation sites (N-methyl/N-ethyl adjacent to an activating group) is 1. The first-order valence-electron chi connectivity index (χ1n) is 5.38. The molecular formula is C12H16Cl2N2O2. The van der Waals surface area contributed by atoms with E-state index in [-0.39, 0.29) is 18.3 Å². The Labute approximate surface area is 117 Å². The summed E-state index contributed by atoms with van der Waals surface area (Å²) in [6.45, 7) is 0. The van der Waals surface area contributed by atoms with Gasteiger partial charge >= 0.3 is 0 Å². The Kier molecular flexibility index (Phi) is 4.48. The molecule has 100 valence electrons. The zero-order valence-corrected chi connectivity index (χ0v) is 11.8. The zero-order valence-electron chi connectivity index (χ0n) is 10.3. The first-order chi connectivity index (χ1) is 7.98. The summed E-state index contributed by atoms with van der Waals surface area (Å²) in [7, 11) is 3.25. The highest BCUT2D eigenvalue weighted by Gasteiger charge is 2.47. The third-order valence-corrected chi connectivity index (χ3v) is 3.34. The maximum Gasteiger partial charge on any atom is 0.246 e. The number of amides is 1. The van der Waals surface area contributed by atoms with Gasteiger partial charge in [0.15, 0.2) is 0 Å². The molecule has 0 heterocycles. The van der Waals surface area contributed by atoms with E-state index in [0.29, 0.717) is 10.8 Å². The molecule has 0 atom stereocenters. The third-order valence-electron chi connectivity index (χ3n) is 3.04. The SMILES string of the molecule is COc1ccc(N(C)C(=O)C2(N)CC2)cc1Cl.Cl. The Balaban J connectivity index is 0.00000162. The van der Waals surface area contributed by atoms with Crippen LogP contribution in [0.5, 0.6) is 5.75 Å². The highest BCUT2D eigenvalue weighted by Crippen LogP contribution is 2.36. The van der Waals surface area contributed by atoms with Gasteiger partial charge in [0.2, 0.25) is 5.91 Å². The number of carbonyl (C=O) groups is 1. The summed E-state index contributed by atoms with van der Waals surface area (Å²) in [6, 6.07) is 5.22. The number of hydrogen-bond acceptors (Lipinski definition) is 3. The van der Waals surface area contributed by atoms with E-state index >= 15 is 0 Å². The lowest BCUT2D eigenvalue weighted by Crippen LogP contribution is -2.43. The van der Waals surface area contributed by atoms with Gasteiger partial charge < -0.3 is 15.4 Å². The van der Waals surface area contributed by atoms with Gasteiger partial charge in [-0.3, -0.25) is 4.79 Å². The molecule has 18 heavy (non-hydrogen) atoms. The van der Waals surface area contributed by atoms with Gasteiger partial charge in [0.05, 0.1) is 17.7 Å². The first-order valence-corrected chi connectivity index (χ1v) is 5.76. The van der Waals surface area contributed by atoms with Crippen molar-refractivity contribution in [1.29, 1.82) is 0 Å². The van der Waals surface area contributed by atoms with Crippen LogP contribution < -0.4 is 15.4 Å². The summed E-state index contributed by atoms with van der Waals surface area (Å²) >= 11 is 6.01. The highest BCUT2D eigenvalue weighted by molar-refractivity contribution is 6.32. The summed E-state index contributed by atoms with van der Waals surface area (Å²) < 4.78 is 5.06. The molecule has 0 radical (unpaired) electrons. The number of halogens is 2. The van der Waals surface area contributed by atoms with E-state index < -0.39 is 5.54 Å². The summed E-state index contributed by atoms with van der Waals surface area (Å²) in [4.78, 5) is 13.6. The van der Waals surface area contributed by atoms with Crippen molar-refractivity contribution in [3.8, 4) is 5.75 Å². The summed E-state index contributed by atoms with van der Waals surface area (Å²) in [6.07, 6.45) is 1.50. The standard InChI is InChI=1S/C12H15ClN2O2.ClH/c1-15(11(16)12(14)5-6-12)8-3-4-10(17-2)9(13)7-8;/h3-4,7H,5-6,14H2,1-2H3;1H. The normalized spacial score (nSPS) is 15.6. The van der Waals surface area contributed by atoms with Gasteiger partial charge in [0.1, 0.15) is 5.75 Å². The molecule has 0 aliphatic heterocycles. The van der Waals surface area contributed by atoms with Crippen molar-refractivity contribution in [2.24, 2.45) is 5.73 Å². The van der Waals surface area contributed by atoms with E-state index in [4.69, 9.17) is 22.1 Å². The fourth-order valence-corrected chi connectivity index (χ4v) is 1.92. The van der Waals surface area contributed by atoms with E-state index in [1.165, 1.54) is 0 Å². The number of methoxy groups -OCH3 is 1. The molecule has 6 heteroatoms. The van der Waals surface area contributed by atoms with Gasteiger partial charge in [-0.1, -0.05) is 11.6 Å². The van der Waals surface area contributed by atoms with E-state index in [9.17, 15) is 4.79 Å². The average Bonchev–Trinajstić information content (AvgIpc) is 3.06. The van der Waals surface area contributed by atoms with Crippen molar-refractivity contribution < 1.29 is 9.53 Å². The van der Waals surface area contributed by atoms with Crippen LogP contribution in [-0.2, 0) is 4.79 Å². The second-order valence-corrected chi connectivity index (χ2v) is 4.75. The Morgan fingerprint density at radius 2 is 2.11 bits per heavy atom. The smallest absolute Gasteiger partial charge is 0.246 e. The molecule has 4 nitrogen and oxygen atoms in total. The third kappa shape index (κ3) is 2.71. The summed E-state index contributed by atoms with van der Waals surface area (Å²) in [5.41, 5.74) is 5.93. The van der Waals surface area contributed by atoms with Crippen LogP contribution in [0.15, 0.2) is 18.2 Å². The molecule has 1 fully saturated rings. The number of nitrogens with zero attached hydrogens (tertiary/aromatic N) is 1. The quantitative estimate of drug-likeness (QED) is 0.929. The number of ether oxygens (including phenoxy) is 1. The minimum absolute atomic E-state index is 0. The Morgan fingerprint density at radius 1 is 1.50 bits per heavy atom. The number of benzene rings is 1. The van der Waals surface area contributed by atoms with E-state index in [0.717, 1.165) is 18.5 Å². The van der Waals surface area contributed by atoms with E-state index in [1.54, 1.807) is 37.3 Å². The largest absolute Gasteiger partial charge is 0.495 e. The Hall–Kier alpha value is -0.970. The van der Waals surface area contributed by atoms with Crippen LogP contribution >= 0.6 is 24.0 Å². The Morgan fingerprint density at radius 3 is 2.56 bits per heavy atom. The predicted octanol–water partition coefficient (Wildman–Crippen LogP) is 2.22. The summed E-state index contributed by atoms with van der Waals surface area (Å²) in [5, 5.41) is 0.478. The zero-order chi connectivity index (χ0) is 12.6. The molecule has 1 aliphatic rings. The van der Waals surface area contributed by atoms with Gasteiger partial charge in [-0.2, -0.15) is 0 Å². The van der Waals surface area contributed by atoms with Crippen LogP contribution in [0, 0.1) is 0 Å². The number of anilines is 1. The van der Waals surface area contributed by atoms with Gasteiger partial charge in [-0.25, -0.2) is 0 Å². The molecule has 0 unspecified atom stereocenters. The van der Waals surface area contributed by atoms with Gasteiger partial charge in [-0.15, -0.1) is 12.4 Å². The number of hydrogen-bond donors (Lipinski definition) is 1. The molecule has 1 aliphatic carbocycles. The molecule has 0 saturated heterocycles. The Bertz CT molecular complexity index is 461. The summed E-state index contributed by atoms with van der Waals surface area (Å²) in [5.74, 6) is 0.517. The number of rotatable bonds is 3. The van der Waals surface area contributed by atoms with Gasteiger partial charge in [0.25, 0.3) is 0 Å². The molecular weight excluding hydrogens is 275 g/mol. The van der Waals surface area contributed by atoms with Crippen LogP contribution in [0.25, 0.3) is 0 Å². The van der Waals surface area contributed by atoms with Crippen molar-refractivity contribution in [2.75, 3.05) is 19.1 Å². The lowest BCUT2D eigenvalue weighted by Gasteiger charge is -2.21. The van der Waals surface area contributed by atoms with Gasteiger partial charge in [0, 0.05) is 12.7 Å². The molecule has 0 aromatic heterocycles. The molecule has 2 rings (SSSR count). The van der Waals surface area contributed by atoms with Crippen LogP contribution in [0.4, 0.5) is 5.69 Å². The second-order valence-electron chi connectivity index (χ2n) is 4.34. The van der Waals surface area contributed by atoms with Crippen molar-refractivity contribution in [1.82, 2.24) is 0 Å². The molecule has 2 N–H and O–H groups in total. The lowest BCUT2D eigenvalue weighted by atomic mass is 10.2. The van der Waals surface area contributed by atoms with E-state index in [2.05, 4.69) is 0 Å². The van der Waals surface area contributed by atoms with Crippen LogP contribution in [-0.4, -0.2) is 25.6 Å². The van der Waals surface area contributed by atoms with E-state index in [1.807, 2.05) is 0 Å². The number of nitrogens with two attached hydrogens (primary N) is 1. The molecule has 1 saturated carbocycles. The van der Waals surface area contributed by atoms with Crippen LogP contribution in [0.1, 0.15) is 12.8 Å². The number of carbonyl (C=O) groups excluding carboxylic acids is 1. The minimum atomic E-state index is -0.666. The van der Waals surface area contributed by atoms with Crippen molar-refractivity contribution in [2.45, 2.75) is 18.4 Å².